The Hall–Kier alpha value is -6.44. The molecule has 4 aliphatic rings. The van der Waals surface area contributed by atoms with Gasteiger partial charge in [0, 0.05) is 16.9 Å². The van der Waals surface area contributed by atoms with E-state index < -0.39 is 5.41 Å². The number of fused-ring (bicyclic) bond motifs is 3. The molecule has 0 aliphatic heterocycles. The van der Waals surface area contributed by atoms with Gasteiger partial charge in [-0.25, -0.2) is 0 Å². The van der Waals surface area contributed by atoms with Crippen LogP contribution < -0.4 is 4.90 Å². The molecule has 1 heteroatoms. The maximum Gasteiger partial charge on any atom is 0.0714 e. The molecule has 12 rings (SSSR count). The SMILES string of the molecule is CCC1CCCC(c2ccc(-c3ccc(N(c4ccc5c(c4)C(c4ccc(C6CCCCC6)cc4)(c4ccc(C6CCCCC6)cc4)c4ccccc4-5)c4ccccc4-c4ccccc4)cc3)cc2)CCC1. The second-order valence-corrected chi connectivity index (χ2v) is 22.2. The number of rotatable bonds is 11. The van der Waals surface area contributed by atoms with Gasteiger partial charge in [-0.3, -0.25) is 0 Å². The van der Waals surface area contributed by atoms with E-state index in [0.717, 1.165) is 17.3 Å². The molecular weight excluding hydrogens is 867 g/mol. The van der Waals surface area contributed by atoms with Crippen LogP contribution >= 0.6 is 0 Å². The highest BCUT2D eigenvalue weighted by Gasteiger charge is 2.46. The first kappa shape index (κ1) is 46.6. The summed E-state index contributed by atoms with van der Waals surface area (Å²) in [6, 6.07) is 75.6. The number of para-hydroxylation sites is 1. The highest BCUT2D eigenvalue weighted by atomic mass is 15.1. The van der Waals surface area contributed by atoms with Gasteiger partial charge >= 0.3 is 0 Å². The Bertz CT molecular complexity index is 2990. The molecule has 4 aliphatic carbocycles. The van der Waals surface area contributed by atoms with Crippen molar-refractivity contribution in [3.8, 4) is 33.4 Å². The van der Waals surface area contributed by atoms with Gasteiger partial charge in [-0.05, 0) is 159 Å². The number of hydrogen-bond acceptors (Lipinski definition) is 1. The summed E-state index contributed by atoms with van der Waals surface area (Å²) in [6.07, 6.45) is 22.8. The Morgan fingerprint density at radius 1 is 0.361 bits per heavy atom. The zero-order valence-corrected chi connectivity index (χ0v) is 42.8. The summed E-state index contributed by atoms with van der Waals surface area (Å²) < 4.78 is 0. The average Bonchev–Trinajstić information content (AvgIpc) is 3.75. The average molecular weight is 940 g/mol. The van der Waals surface area contributed by atoms with Gasteiger partial charge < -0.3 is 4.90 Å². The van der Waals surface area contributed by atoms with Crippen LogP contribution in [0, 0.1) is 5.92 Å². The standard InChI is InChI=1S/C71H73N/c1-2-51-18-16-26-54(27-17-19-51)55-32-34-56(35-33-55)59-40-46-63(47-41-59)72(70-31-15-13-28-65(70)60-24-10-5-11-25-60)64-48-49-67-66-29-12-14-30-68(66)71(69(67)50-64,61-42-36-57(37-43-61)52-20-6-3-7-21-52)62-44-38-58(39-45-62)53-22-8-4-9-23-53/h5,10-15,24-25,28-54H,2-4,6-9,16-23,26-27H2,1H3. The normalized spacial score (nSPS) is 19.2. The van der Waals surface area contributed by atoms with Crippen molar-refractivity contribution in [1.29, 1.82) is 0 Å². The zero-order chi connectivity index (χ0) is 48.3. The smallest absolute Gasteiger partial charge is 0.0714 e. The molecule has 362 valence electrons. The van der Waals surface area contributed by atoms with Crippen LogP contribution in [0.4, 0.5) is 17.1 Å². The number of nitrogens with zero attached hydrogens (tertiary/aromatic N) is 1. The monoisotopic (exact) mass is 940 g/mol. The van der Waals surface area contributed by atoms with E-state index in [1.807, 2.05) is 0 Å². The van der Waals surface area contributed by atoms with E-state index in [1.165, 1.54) is 187 Å². The molecule has 0 unspecified atom stereocenters. The minimum absolute atomic E-state index is 0.507. The van der Waals surface area contributed by atoms with Crippen molar-refractivity contribution in [1.82, 2.24) is 0 Å². The van der Waals surface area contributed by atoms with Crippen LogP contribution in [0.3, 0.4) is 0 Å². The molecular formula is C71H73N. The molecule has 0 saturated heterocycles. The van der Waals surface area contributed by atoms with Gasteiger partial charge in [-0.15, -0.1) is 0 Å². The Labute approximate surface area is 431 Å². The van der Waals surface area contributed by atoms with Gasteiger partial charge in [-0.2, -0.15) is 0 Å². The van der Waals surface area contributed by atoms with Crippen LogP contribution in [0.5, 0.6) is 0 Å². The summed E-state index contributed by atoms with van der Waals surface area (Å²) in [7, 11) is 0. The van der Waals surface area contributed by atoms with E-state index in [4.69, 9.17) is 0 Å². The molecule has 1 nitrogen and oxygen atoms in total. The van der Waals surface area contributed by atoms with Crippen LogP contribution in [-0.4, -0.2) is 0 Å². The molecule has 3 saturated carbocycles. The third kappa shape index (κ3) is 8.97. The number of benzene rings is 8. The Morgan fingerprint density at radius 3 is 1.39 bits per heavy atom. The summed E-state index contributed by atoms with van der Waals surface area (Å²) in [5.41, 5.74) is 20.5. The number of hydrogen-bond donors (Lipinski definition) is 0. The molecule has 8 aromatic carbocycles. The van der Waals surface area contributed by atoms with Crippen LogP contribution in [0.1, 0.15) is 173 Å². The van der Waals surface area contributed by atoms with E-state index in [1.54, 1.807) is 0 Å². The van der Waals surface area contributed by atoms with Crippen molar-refractivity contribution in [2.45, 2.75) is 139 Å². The Morgan fingerprint density at radius 2 is 0.819 bits per heavy atom. The minimum Gasteiger partial charge on any atom is -0.310 e. The molecule has 0 aromatic heterocycles. The van der Waals surface area contributed by atoms with Crippen LogP contribution in [0.25, 0.3) is 33.4 Å². The lowest BCUT2D eigenvalue weighted by atomic mass is 9.67. The van der Waals surface area contributed by atoms with Crippen LogP contribution in [0.2, 0.25) is 0 Å². The molecule has 0 atom stereocenters. The molecule has 0 bridgehead atoms. The van der Waals surface area contributed by atoms with Crippen molar-refractivity contribution in [2.75, 3.05) is 4.90 Å². The lowest BCUT2D eigenvalue weighted by Crippen LogP contribution is -2.29. The lowest BCUT2D eigenvalue weighted by Gasteiger charge is -2.36. The number of anilines is 3. The van der Waals surface area contributed by atoms with Crippen molar-refractivity contribution >= 4 is 17.1 Å². The fourth-order valence-corrected chi connectivity index (χ4v) is 14.1. The van der Waals surface area contributed by atoms with Crippen molar-refractivity contribution in [2.24, 2.45) is 5.92 Å². The third-order valence-electron chi connectivity index (χ3n) is 18.1. The highest BCUT2D eigenvalue weighted by Crippen LogP contribution is 2.58. The van der Waals surface area contributed by atoms with Gasteiger partial charge in [0.25, 0.3) is 0 Å². The second-order valence-electron chi connectivity index (χ2n) is 22.2. The quantitative estimate of drug-likeness (QED) is 0.125. The van der Waals surface area contributed by atoms with Gasteiger partial charge in [-0.1, -0.05) is 241 Å². The molecule has 8 aromatic rings. The van der Waals surface area contributed by atoms with Crippen LogP contribution in [-0.2, 0) is 5.41 Å². The van der Waals surface area contributed by atoms with Gasteiger partial charge in [0.15, 0.2) is 0 Å². The second kappa shape index (κ2) is 21.0. The van der Waals surface area contributed by atoms with Crippen LogP contribution in [0.15, 0.2) is 194 Å². The van der Waals surface area contributed by atoms with Gasteiger partial charge in [0.05, 0.1) is 11.1 Å². The van der Waals surface area contributed by atoms with E-state index in [9.17, 15) is 0 Å². The largest absolute Gasteiger partial charge is 0.310 e. The first-order chi connectivity index (χ1) is 35.7. The lowest BCUT2D eigenvalue weighted by molar-refractivity contribution is 0.350. The molecule has 3 fully saturated rings. The van der Waals surface area contributed by atoms with Crippen molar-refractivity contribution < 1.29 is 0 Å². The Kier molecular flexibility index (Phi) is 13.6. The summed E-state index contributed by atoms with van der Waals surface area (Å²) in [6.45, 7) is 2.38. The molecule has 0 heterocycles. The fourth-order valence-electron chi connectivity index (χ4n) is 14.1. The molecule has 0 N–H and O–H groups in total. The highest BCUT2D eigenvalue weighted by molar-refractivity contribution is 5.92. The zero-order valence-electron chi connectivity index (χ0n) is 42.8. The summed E-state index contributed by atoms with van der Waals surface area (Å²) in [5.74, 6) is 2.91. The predicted molar refractivity (Wildman–Crippen MR) is 305 cm³/mol. The maximum atomic E-state index is 2.56. The van der Waals surface area contributed by atoms with E-state index in [-0.39, 0.29) is 0 Å². The minimum atomic E-state index is -0.507. The molecule has 72 heavy (non-hydrogen) atoms. The molecule has 0 amide bonds. The summed E-state index contributed by atoms with van der Waals surface area (Å²) in [4.78, 5) is 2.53. The van der Waals surface area contributed by atoms with E-state index in [2.05, 4.69) is 206 Å². The van der Waals surface area contributed by atoms with E-state index >= 15 is 0 Å². The molecule has 0 spiro atoms. The predicted octanol–water partition coefficient (Wildman–Crippen LogP) is 20.4. The van der Waals surface area contributed by atoms with Gasteiger partial charge in [0.1, 0.15) is 0 Å². The Balaban J connectivity index is 0.983. The first-order valence-electron chi connectivity index (χ1n) is 28.3. The molecule has 0 radical (unpaired) electrons. The first-order valence-corrected chi connectivity index (χ1v) is 28.3. The summed E-state index contributed by atoms with van der Waals surface area (Å²) in [5, 5.41) is 0. The maximum absolute atomic E-state index is 2.56. The van der Waals surface area contributed by atoms with E-state index in [0.29, 0.717) is 17.8 Å². The van der Waals surface area contributed by atoms with Crippen molar-refractivity contribution in [3.63, 3.8) is 0 Å². The van der Waals surface area contributed by atoms with Gasteiger partial charge in [0.2, 0.25) is 0 Å². The fraction of sp³-hybridized carbons (Fsp3) is 0.324. The third-order valence-corrected chi connectivity index (χ3v) is 18.1. The van der Waals surface area contributed by atoms with Crippen molar-refractivity contribution in [3.05, 3.63) is 233 Å². The topological polar surface area (TPSA) is 3.24 Å². The summed E-state index contributed by atoms with van der Waals surface area (Å²) >= 11 is 0.